The maximum Gasteiger partial charge on any atom is 0.303 e. The lowest BCUT2D eigenvalue weighted by atomic mass is 10.3. The molecule has 0 aliphatic heterocycles. The third-order valence-corrected chi connectivity index (χ3v) is 1.52. The molecule has 0 bridgehead atoms. The topological polar surface area (TPSA) is 176 Å². The Kier molecular flexibility index (Phi) is 21.1. The van der Waals surface area contributed by atoms with Crippen LogP contribution in [0.1, 0.15) is 32.6 Å². The van der Waals surface area contributed by atoms with Crippen molar-refractivity contribution < 1.29 is 45.3 Å². The van der Waals surface area contributed by atoms with Crippen LogP contribution >= 0.6 is 0 Å². The highest BCUT2D eigenvalue weighted by Gasteiger charge is 2.00. The van der Waals surface area contributed by atoms with Crippen molar-refractivity contribution in [1.82, 2.24) is 0 Å². The number of hydrogen-bond acceptors (Lipinski definition) is 7. The van der Waals surface area contributed by atoms with Crippen LogP contribution in [0.2, 0.25) is 0 Å². The molecule has 0 saturated heterocycles. The average molecular weight is 300 g/mol. The van der Waals surface area contributed by atoms with Crippen molar-refractivity contribution in [3.8, 4) is 0 Å². The first-order valence-electron chi connectivity index (χ1n) is 5.90. The molecule has 0 atom stereocenters. The summed E-state index contributed by atoms with van der Waals surface area (Å²) in [6.45, 7) is 1.17. The molecule has 7 N–H and O–H groups in total. The molecule has 9 heteroatoms. The Bertz CT molecular complexity index is 212. The summed E-state index contributed by atoms with van der Waals surface area (Å²) in [5, 5.41) is 56.0. The minimum absolute atomic E-state index is 0.296. The molecule has 0 aromatic carbocycles. The van der Waals surface area contributed by atoms with Gasteiger partial charge < -0.3 is 35.7 Å². The second-order valence-electron chi connectivity index (χ2n) is 3.58. The maximum atomic E-state index is 9.64. The molecule has 9 nitrogen and oxygen atoms in total. The highest BCUT2D eigenvalue weighted by molar-refractivity contribution is 5.75. The highest BCUT2D eigenvalue weighted by Crippen LogP contribution is 1.88. The lowest BCUT2D eigenvalue weighted by molar-refractivity contribution is -0.143. The van der Waals surface area contributed by atoms with Gasteiger partial charge >= 0.3 is 11.9 Å². The van der Waals surface area contributed by atoms with Gasteiger partial charge in [-0.15, -0.1) is 0 Å². The van der Waals surface area contributed by atoms with Crippen LogP contribution in [-0.4, -0.2) is 73.3 Å². The second kappa shape index (κ2) is 17.7. The molecular formula is C11H24O9. The monoisotopic (exact) mass is 300 g/mol. The van der Waals surface area contributed by atoms with E-state index in [2.05, 4.69) is 0 Å². The van der Waals surface area contributed by atoms with Crippen LogP contribution in [0.5, 0.6) is 0 Å². The molecule has 0 spiro atoms. The molecule has 0 saturated carbocycles. The predicted octanol–water partition coefficient (Wildman–Crippen LogP) is -1.64. The largest absolute Gasteiger partial charge is 0.481 e. The molecule has 0 aromatic heterocycles. The van der Waals surface area contributed by atoms with Gasteiger partial charge in [0.1, 0.15) is 6.10 Å². The lowest BCUT2D eigenvalue weighted by Gasteiger charge is -1.96. The van der Waals surface area contributed by atoms with Crippen LogP contribution in [0.25, 0.3) is 0 Å². The first kappa shape index (κ1) is 23.8. The van der Waals surface area contributed by atoms with Crippen molar-refractivity contribution in [2.75, 3.05) is 13.2 Å². The summed E-state index contributed by atoms with van der Waals surface area (Å²) in [4.78, 5) is 19.3. The summed E-state index contributed by atoms with van der Waals surface area (Å²) >= 11 is 0. The van der Waals surface area contributed by atoms with E-state index in [4.69, 9.17) is 35.7 Å². The number of carboxylic acids is 2. The predicted molar refractivity (Wildman–Crippen MR) is 67.8 cm³/mol. The summed E-state index contributed by atoms with van der Waals surface area (Å²) in [5.41, 5.74) is 0. The number of hydrogen-bond donors (Lipinski definition) is 7. The van der Waals surface area contributed by atoms with Crippen LogP contribution in [0.15, 0.2) is 0 Å². The Morgan fingerprint density at radius 2 is 1.25 bits per heavy atom. The van der Waals surface area contributed by atoms with E-state index in [1.165, 1.54) is 0 Å². The van der Waals surface area contributed by atoms with Crippen molar-refractivity contribution >= 4 is 11.9 Å². The number of aliphatic hydroxyl groups excluding tert-OH is 4. The molecule has 20 heavy (non-hydrogen) atoms. The SMILES string of the molecule is CCCC(O)O.O=C(O)CCC(=O)O.OCC(O)CO. The summed E-state index contributed by atoms with van der Waals surface area (Å²) < 4.78 is 0. The molecule has 0 radical (unpaired) electrons. The van der Waals surface area contributed by atoms with Gasteiger partial charge in [0, 0.05) is 0 Å². The zero-order valence-electron chi connectivity index (χ0n) is 11.3. The van der Waals surface area contributed by atoms with Crippen LogP contribution in [0, 0.1) is 0 Å². The van der Waals surface area contributed by atoms with Gasteiger partial charge in [0.2, 0.25) is 0 Å². The van der Waals surface area contributed by atoms with Gasteiger partial charge in [-0.3, -0.25) is 9.59 Å². The van der Waals surface area contributed by atoms with Gasteiger partial charge in [-0.25, -0.2) is 0 Å². The quantitative estimate of drug-likeness (QED) is 0.272. The van der Waals surface area contributed by atoms with Crippen LogP contribution in [-0.2, 0) is 9.59 Å². The maximum absolute atomic E-state index is 9.64. The van der Waals surface area contributed by atoms with Crippen molar-refractivity contribution in [1.29, 1.82) is 0 Å². The molecule has 0 aliphatic carbocycles. The molecule has 0 unspecified atom stereocenters. The van der Waals surface area contributed by atoms with E-state index in [0.717, 1.165) is 6.42 Å². The van der Waals surface area contributed by atoms with Crippen LogP contribution in [0.4, 0.5) is 0 Å². The third-order valence-electron chi connectivity index (χ3n) is 1.52. The number of rotatable bonds is 7. The number of carboxylic acid groups (broad SMARTS) is 2. The molecule has 0 aromatic rings. The molecule has 122 valence electrons. The molecular weight excluding hydrogens is 276 g/mol. The molecule has 0 fully saturated rings. The van der Waals surface area contributed by atoms with E-state index in [1.54, 1.807) is 0 Å². The summed E-state index contributed by atoms with van der Waals surface area (Å²) in [5.74, 6) is -2.15. The van der Waals surface area contributed by atoms with Crippen LogP contribution < -0.4 is 0 Å². The average Bonchev–Trinajstić information content (AvgIpc) is 2.36. The van der Waals surface area contributed by atoms with Gasteiger partial charge in [0.25, 0.3) is 0 Å². The van der Waals surface area contributed by atoms with E-state index in [-0.39, 0.29) is 26.1 Å². The zero-order valence-corrected chi connectivity index (χ0v) is 11.3. The molecule has 0 amide bonds. The Balaban J connectivity index is -0.000000221. The Labute approximate surface area is 116 Å². The minimum Gasteiger partial charge on any atom is -0.481 e. The molecule has 0 rings (SSSR count). The lowest BCUT2D eigenvalue weighted by Crippen LogP contribution is -2.15. The molecule has 0 aliphatic rings. The third kappa shape index (κ3) is 36.0. The van der Waals surface area contributed by atoms with Crippen molar-refractivity contribution in [2.45, 2.75) is 45.0 Å². The fourth-order valence-corrected chi connectivity index (χ4v) is 0.530. The first-order chi connectivity index (χ1) is 9.20. The fraction of sp³-hybridized carbons (Fsp3) is 0.818. The first-order valence-corrected chi connectivity index (χ1v) is 5.90. The van der Waals surface area contributed by atoms with Crippen molar-refractivity contribution in [2.24, 2.45) is 0 Å². The van der Waals surface area contributed by atoms with Crippen molar-refractivity contribution in [3.63, 3.8) is 0 Å². The Morgan fingerprint density at radius 1 is 0.900 bits per heavy atom. The molecule has 0 heterocycles. The van der Waals surface area contributed by atoms with E-state index in [1.807, 2.05) is 6.92 Å². The van der Waals surface area contributed by atoms with Gasteiger partial charge in [0.15, 0.2) is 6.29 Å². The fourth-order valence-electron chi connectivity index (χ4n) is 0.530. The number of carbonyl (C=O) groups is 2. The van der Waals surface area contributed by atoms with Gasteiger partial charge in [-0.2, -0.15) is 0 Å². The minimum atomic E-state index is -1.10. The smallest absolute Gasteiger partial charge is 0.303 e. The van der Waals surface area contributed by atoms with Gasteiger partial charge in [-0.05, 0) is 6.42 Å². The highest BCUT2D eigenvalue weighted by atomic mass is 16.5. The van der Waals surface area contributed by atoms with Gasteiger partial charge in [0.05, 0.1) is 26.1 Å². The summed E-state index contributed by atoms with van der Waals surface area (Å²) in [6.07, 6.45) is -1.33. The summed E-state index contributed by atoms with van der Waals surface area (Å²) in [7, 11) is 0. The van der Waals surface area contributed by atoms with E-state index < -0.39 is 24.3 Å². The van der Waals surface area contributed by atoms with Crippen molar-refractivity contribution in [3.05, 3.63) is 0 Å². The van der Waals surface area contributed by atoms with E-state index in [9.17, 15) is 9.59 Å². The van der Waals surface area contributed by atoms with Gasteiger partial charge in [-0.1, -0.05) is 13.3 Å². The Hall–Kier alpha value is -1.26. The standard InChI is InChI=1S/C4H6O4.C4H10O2.C3H8O3/c5-3(6)1-2-4(7)8;1-2-3-4(5)6;4-1-3(6)2-5/h1-2H2,(H,5,6)(H,7,8);4-6H,2-3H2,1H3;3-6H,1-2H2. The van der Waals surface area contributed by atoms with E-state index in [0.29, 0.717) is 6.42 Å². The second-order valence-corrected chi connectivity index (χ2v) is 3.58. The number of aliphatic carboxylic acids is 2. The Morgan fingerprint density at radius 3 is 1.30 bits per heavy atom. The van der Waals surface area contributed by atoms with E-state index >= 15 is 0 Å². The number of aliphatic hydroxyl groups is 5. The van der Waals surface area contributed by atoms with Crippen LogP contribution in [0.3, 0.4) is 0 Å². The normalized spacial score (nSPS) is 9.40. The summed E-state index contributed by atoms with van der Waals surface area (Å²) in [6, 6.07) is 0. The zero-order chi connectivity index (χ0) is 16.6.